The Bertz CT molecular complexity index is 1120. The zero-order valence-corrected chi connectivity index (χ0v) is 19.1. The smallest absolute Gasteiger partial charge is 0.256 e. The van der Waals surface area contributed by atoms with E-state index in [1.54, 1.807) is 31.4 Å². The van der Waals surface area contributed by atoms with Gasteiger partial charge >= 0.3 is 0 Å². The number of amides is 2. The molecule has 1 atom stereocenters. The molecule has 168 valence electrons. The van der Waals surface area contributed by atoms with Crippen molar-refractivity contribution in [2.24, 2.45) is 0 Å². The second kappa shape index (κ2) is 10.3. The van der Waals surface area contributed by atoms with E-state index >= 15 is 0 Å². The second-order valence-electron chi connectivity index (χ2n) is 7.72. The van der Waals surface area contributed by atoms with E-state index in [1.165, 1.54) is 4.90 Å². The molecule has 1 aliphatic rings. The fraction of sp³-hybridized carbons (Fsp3) is 0.192. The molecule has 1 N–H and O–H groups in total. The highest BCUT2D eigenvalue weighted by atomic mass is 32.1. The van der Waals surface area contributed by atoms with Crippen molar-refractivity contribution in [1.82, 2.24) is 4.90 Å². The van der Waals surface area contributed by atoms with Crippen LogP contribution in [0.25, 0.3) is 0 Å². The normalized spacial score (nSPS) is 15.6. The van der Waals surface area contributed by atoms with Gasteiger partial charge in [-0.2, -0.15) is 0 Å². The maximum atomic E-state index is 13.4. The number of carbonyl (C=O) groups is 2. The largest absolute Gasteiger partial charge is 0.497 e. The van der Waals surface area contributed by atoms with E-state index in [4.69, 9.17) is 17.0 Å². The first-order valence-corrected chi connectivity index (χ1v) is 11.1. The van der Waals surface area contributed by atoms with Crippen LogP contribution in [0.4, 0.5) is 11.4 Å². The molecule has 1 heterocycles. The summed E-state index contributed by atoms with van der Waals surface area (Å²) in [5.41, 5.74) is 2.49. The fourth-order valence-electron chi connectivity index (χ4n) is 3.86. The number of hydrogen-bond acceptors (Lipinski definition) is 4. The summed E-state index contributed by atoms with van der Waals surface area (Å²) in [5.74, 6) is 0.264. The number of hydrogen-bond donors (Lipinski definition) is 1. The van der Waals surface area contributed by atoms with Crippen LogP contribution in [0, 0.1) is 0 Å². The number of anilines is 2. The van der Waals surface area contributed by atoms with E-state index in [1.807, 2.05) is 65.6 Å². The molecule has 1 fully saturated rings. The summed E-state index contributed by atoms with van der Waals surface area (Å²) in [6.07, 6.45) is 0.719. The highest BCUT2D eigenvalue weighted by Gasteiger charge is 2.43. The van der Waals surface area contributed by atoms with Gasteiger partial charge in [-0.1, -0.05) is 48.5 Å². The lowest BCUT2D eigenvalue weighted by atomic mass is 10.1. The second-order valence-corrected chi connectivity index (χ2v) is 8.08. The minimum atomic E-state index is -0.667. The number of nitrogens with zero attached hydrogens (tertiary/aromatic N) is 2. The number of methoxy groups -OCH3 is 1. The van der Waals surface area contributed by atoms with Crippen LogP contribution in [-0.4, -0.2) is 41.5 Å². The van der Waals surface area contributed by atoms with Gasteiger partial charge in [-0.15, -0.1) is 0 Å². The van der Waals surface area contributed by atoms with E-state index in [9.17, 15) is 9.59 Å². The van der Waals surface area contributed by atoms with Crippen LogP contribution in [0.2, 0.25) is 0 Å². The van der Waals surface area contributed by atoms with Gasteiger partial charge in [0.05, 0.1) is 19.2 Å². The van der Waals surface area contributed by atoms with Crippen LogP contribution in [0.3, 0.4) is 0 Å². The van der Waals surface area contributed by atoms with Gasteiger partial charge < -0.3 is 15.0 Å². The Morgan fingerprint density at radius 3 is 2.24 bits per heavy atom. The summed E-state index contributed by atoms with van der Waals surface area (Å²) in [6.45, 7) is 0.540. The molecule has 4 rings (SSSR count). The average molecular weight is 460 g/mol. The predicted octanol–water partition coefficient (Wildman–Crippen LogP) is 4.27. The molecule has 0 unspecified atom stereocenters. The van der Waals surface area contributed by atoms with Crippen LogP contribution >= 0.6 is 12.2 Å². The SMILES string of the molecule is COc1ccc(NC(=O)C[C@H]2C(=O)N(c3ccccc3)C(=S)N2CCc2ccccc2)cc1. The Morgan fingerprint density at radius 2 is 1.61 bits per heavy atom. The van der Waals surface area contributed by atoms with Crippen LogP contribution in [0.15, 0.2) is 84.9 Å². The van der Waals surface area contributed by atoms with Gasteiger partial charge in [-0.05, 0) is 60.6 Å². The van der Waals surface area contributed by atoms with Crippen molar-refractivity contribution in [2.75, 3.05) is 23.9 Å². The van der Waals surface area contributed by atoms with Crippen molar-refractivity contribution in [2.45, 2.75) is 18.9 Å². The first-order chi connectivity index (χ1) is 16.1. The Morgan fingerprint density at radius 1 is 0.970 bits per heavy atom. The lowest BCUT2D eigenvalue weighted by molar-refractivity contribution is -0.124. The third-order valence-electron chi connectivity index (χ3n) is 5.57. The third kappa shape index (κ3) is 5.21. The molecular formula is C26H25N3O3S. The summed E-state index contributed by atoms with van der Waals surface area (Å²) in [5, 5.41) is 3.29. The Hall–Kier alpha value is -3.71. The summed E-state index contributed by atoms with van der Waals surface area (Å²) < 4.78 is 5.16. The molecule has 1 aliphatic heterocycles. The van der Waals surface area contributed by atoms with Gasteiger partial charge in [0.15, 0.2) is 5.11 Å². The van der Waals surface area contributed by atoms with Crippen LogP contribution in [-0.2, 0) is 16.0 Å². The fourth-order valence-corrected chi connectivity index (χ4v) is 4.27. The number of thiocarbonyl (C=S) groups is 1. The maximum absolute atomic E-state index is 13.4. The standard InChI is InChI=1S/C26H25N3O3S/c1-32-22-14-12-20(13-15-22)27-24(30)18-23-25(31)29(21-10-6-3-7-11-21)26(33)28(23)17-16-19-8-4-2-5-9-19/h2-15,23H,16-18H2,1H3,(H,27,30)/t23-/m0/s1. The molecule has 0 spiro atoms. The molecule has 7 heteroatoms. The van der Waals surface area contributed by atoms with Gasteiger partial charge in [0.1, 0.15) is 11.8 Å². The highest BCUT2D eigenvalue weighted by molar-refractivity contribution is 7.80. The number of nitrogens with one attached hydrogen (secondary N) is 1. The summed E-state index contributed by atoms with van der Waals surface area (Å²) >= 11 is 5.71. The van der Waals surface area contributed by atoms with Crippen molar-refractivity contribution < 1.29 is 14.3 Å². The molecule has 0 radical (unpaired) electrons. The number of para-hydroxylation sites is 1. The first-order valence-electron chi connectivity index (χ1n) is 10.7. The predicted molar refractivity (Wildman–Crippen MR) is 133 cm³/mol. The van der Waals surface area contributed by atoms with E-state index in [-0.39, 0.29) is 18.2 Å². The van der Waals surface area contributed by atoms with E-state index in [0.29, 0.717) is 35.2 Å². The van der Waals surface area contributed by atoms with Gasteiger partial charge in [-0.3, -0.25) is 14.5 Å². The molecule has 3 aromatic rings. The Kier molecular flexibility index (Phi) is 7.00. The Balaban J connectivity index is 1.52. The van der Waals surface area contributed by atoms with Crippen LogP contribution in [0.5, 0.6) is 5.75 Å². The topological polar surface area (TPSA) is 61.9 Å². The average Bonchev–Trinajstić information content (AvgIpc) is 3.08. The number of ether oxygens (including phenoxy) is 1. The van der Waals surface area contributed by atoms with Crippen molar-refractivity contribution in [3.05, 3.63) is 90.5 Å². The molecule has 2 amide bonds. The molecule has 6 nitrogen and oxygen atoms in total. The zero-order chi connectivity index (χ0) is 23.2. The summed E-state index contributed by atoms with van der Waals surface area (Å²) in [4.78, 5) is 29.7. The van der Waals surface area contributed by atoms with Gasteiger partial charge in [0.2, 0.25) is 5.91 Å². The molecule has 0 aliphatic carbocycles. The lowest BCUT2D eigenvalue weighted by Crippen LogP contribution is -2.39. The van der Waals surface area contributed by atoms with Gasteiger partial charge in [0, 0.05) is 12.2 Å². The first kappa shape index (κ1) is 22.5. The van der Waals surface area contributed by atoms with Gasteiger partial charge in [0.25, 0.3) is 5.91 Å². The van der Waals surface area contributed by atoms with E-state index in [0.717, 1.165) is 5.56 Å². The molecule has 33 heavy (non-hydrogen) atoms. The number of rotatable bonds is 8. The van der Waals surface area contributed by atoms with E-state index in [2.05, 4.69) is 5.32 Å². The van der Waals surface area contributed by atoms with Crippen LogP contribution < -0.4 is 15.0 Å². The molecule has 0 aromatic heterocycles. The number of carbonyl (C=O) groups excluding carboxylic acids is 2. The van der Waals surface area contributed by atoms with Gasteiger partial charge in [-0.25, -0.2) is 0 Å². The van der Waals surface area contributed by atoms with Crippen molar-refractivity contribution >= 4 is 40.5 Å². The summed E-state index contributed by atoms with van der Waals surface area (Å²) in [6, 6.07) is 25.7. The monoisotopic (exact) mass is 459 g/mol. The molecule has 3 aromatic carbocycles. The van der Waals surface area contributed by atoms with Crippen molar-refractivity contribution in [3.63, 3.8) is 0 Å². The molecule has 0 bridgehead atoms. The third-order valence-corrected chi connectivity index (χ3v) is 5.99. The zero-order valence-electron chi connectivity index (χ0n) is 18.3. The maximum Gasteiger partial charge on any atom is 0.256 e. The lowest BCUT2D eigenvalue weighted by Gasteiger charge is -2.24. The Labute approximate surface area is 198 Å². The van der Waals surface area contributed by atoms with Crippen LogP contribution in [0.1, 0.15) is 12.0 Å². The highest BCUT2D eigenvalue weighted by Crippen LogP contribution is 2.27. The minimum absolute atomic E-state index is 0.00310. The van der Waals surface area contributed by atoms with Crippen molar-refractivity contribution in [1.29, 1.82) is 0 Å². The number of benzene rings is 3. The quantitative estimate of drug-likeness (QED) is 0.510. The van der Waals surface area contributed by atoms with Crippen molar-refractivity contribution in [3.8, 4) is 5.75 Å². The van der Waals surface area contributed by atoms with E-state index < -0.39 is 6.04 Å². The molecule has 0 saturated carbocycles. The summed E-state index contributed by atoms with van der Waals surface area (Å²) in [7, 11) is 1.59. The minimum Gasteiger partial charge on any atom is -0.497 e. The molecular weight excluding hydrogens is 434 g/mol. The molecule has 1 saturated heterocycles.